The first-order valence-electron chi connectivity index (χ1n) is 27.6. The van der Waals surface area contributed by atoms with Gasteiger partial charge in [0.2, 0.25) is 35.4 Å². The monoisotopic (exact) mass is 1100 g/mol. The Morgan fingerprint density at radius 1 is 0.885 bits per heavy atom. The summed E-state index contributed by atoms with van der Waals surface area (Å²) < 4.78 is 17.0. The van der Waals surface area contributed by atoms with Crippen molar-refractivity contribution < 1.29 is 72.4 Å². The number of benzene rings is 1. The highest BCUT2D eigenvalue weighted by molar-refractivity contribution is 6.05. The number of amides is 7. The van der Waals surface area contributed by atoms with Gasteiger partial charge in [-0.2, -0.15) is 0 Å². The maximum atomic E-state index is 14.8. The number of fused-ring (bicyclic) bond motifs is 1. The van der Waals surface area contributed by atoms with Crippen LogP contribution in [-0.2, 0) is 63.8 Å². The maximum Gasteiger partial charge on any atom is 0.329 e. The number of esters is 2. The van der Waals surface area contributed by atoms with Gasteiger partial charge in [-0.1, -0.05) is 73.9 Å². The van der Waals surface area contributed by atoms with Crippen molar-refractivity contribution in [3.63, 3.8) is 0 Å². The van der Waals surface area contributed by atoms with E-state index in [-0.39, 0.29) is 57.0 Å². The van der Waals surface area contributed by atoms with E-state index in [1.54, 1.807) is 52.0 Å². The van der Waals surface area contributed by atoms with Crippen LogP contribution in [0.25, 0.3) is 0 Å². The predicted octanol–water partition coefficient (Wildman–Crippen LogP) is 1.93. The van der Waals surface area contributed by atoms with Crippen molar-refractivity contribution >= 4 is 59.1 Å². The lowest BCUT2D eigenvalue weighted by Gasteiger charge is -2.35. The van der Waals surface area contributed by atoms with Gasteiger partial charge in [-0.3, -0.25) is 43.2 Å². The van der Waals surface area contributed by atoms with E-state index < -0.39 is 150 Å². The Bertz CT molecular complexity index is 2290. The van der Waals surface area contributed by atoms with Crippen molar-refractivity contribution in [1.82, 2.24) is 35.6 Å². The van der Waals surface area contributed by atoms with Crippen molar-refractivity contribution in [3.05, 3.63) is 29.8 Å². The Labute approximate surface area is 459 Å². The van der Waals surface area contributed by atoms with Gasteiger partial charge < -0.3 is 60.0 Å². The highest BCUT2D eigenvalue weighted by Gasteiger charge is 2.45. The number of likely N-dealkylation sites (N-methyl/N-ethyl adjacent to an activating group) is 2. The van der Waals surface area contributed by atoms with Crippen LogP contribution in [0, 0.1) is 29.6 Å². The number of ketones is 1. The number of cyclic esters (lactones) is 2. The standard InChI is InChI=1S/C56H87N7O15/c1-14-33(8)46-44(65)28-45(66)78-48(32(6)7)47(67)34(9)49(68)57-38(25-30(2)3)53(72)63-24-16-18-41(63)55(74)61(12)43(27-36-19-21-37(76-13)22-20-36)56(75)77-29-39(50(69)59-46)58-51(70)42(26-31(4)5)60(11)54(73)40-17-15-23-62(40)52(71)35(10)64/h19-22,30-35,38-44,46,48,64-65H,14-18,23-29H2,1-13H3,(H,57,68)(H,58,70)(H,59,69)/t33-,34-,35-,38-,39?,40-,41-,42+,43-,44-,46+,48-/m0/s1. The third kappa shape index (κ3) is 16.7. The van der Waals surface area contributed by atoms with E-state index >= 15 is 0 Å². The molecule has 4 rings (SSSR count). The largest absolute Gasteiger partial charge is 0.497 e. The molecular formula is C56H87N7O15. The minimum absolute atomic E-state index is 0.0776. The molecule has 3 fully saturated rings. The summed E-state index contributed by atoms with van der Waals surface area (Å²) in [5.41, 5.74) is 0.573. The zero-order valence-corrected chi connectivity index (χ0v) is 47.9. The van der Waals surface area contributed by atoms with E-state index in [0.29, 0.717) is 30.6 Å². The van der Waals surface area contributed by atoms with Crippen molar-refractivity contribution in [2.75, 3.05) is 40.9 Å². The van der Waals surface area contributed by atoms with Gasteiger partial charge in [0.05, 0.1) is 31.6 Å². The van der Waals surface area contributed by atoms with Crippen molar-refractivity contribution in [2.45, 2.75) is 188 Å². The summed E-state index contributed by atoms with van der Waals surface area (Å²) in [7, 11) is 4.28. The van der Waals surface area contributed by atoms with Crippen LogP contribution in [0.15, 0.2) is 24.3 Å². The number of rotatable bonds is 15. The molecule has 1 aromatic carbocycles. The number of nitrogens with zero attached hydrogens (tertiary/aromatic N) is 4. The van der Waals surface area contributed by atoms with Gasteiger partial charge in [-0.15, -0.1) is 0 Å². The van der Waals surface area contributed by atoms with E-state index in [1.165, 1.54) is 54.7 Å². The van der Waals surface area contributed by atoms with Crippen LogP contribution in [0.1, 0.15) is 126 Å². The molecule has 0 saturated carbocycles. The van der Waals surface area contributed by atoms with Crippen LogP contribution in [0.3, 0.4) is 0 Å². The van der Waals surface area contributed by atoms with E-state index in [2.05, 4.69) is 16.0 Å². The van der Waals surface area contributed by atoms with Crippen molar-refractivity contribution in [3.8, 4) is 5.75 Å². The molecular weight excluding hydrogens is 1010 g/mol. The van der Waals surface area contributed by atoms with E-state index in [0.717, 1.165) is 0 Å². The molecule has 1 aromatic rings. The molecule has 0 radical (unpaired) electrons. The number of carbonyl (C=O) groups excluding carboxylic acids is 10. The maximum absolute atomic E-state index is 14.8. The van der Waals surface area contributed by atoms with E-state index in [4.69, 9.17) is 14.2 Å². The molecule has 22 heteroatoms. The number of aliphatic hydroxyl groups is 2. The van der Waals surface area contributed by atoms with Crippen molar-refractivity contribution in [1.29, 1.82) is 0 Å². The Hall–Kier alpha value is -6.16. The van der Waals surface area contributed by atoms with Crippen LogP contribution >= 0.6 is 0 Å². The molecule has 22 nitrogen and oxygen atoms in total. The average molecular weight is 1100 g/mol. The van der Waals surface area contributed by atoms with Crippen molar-refractivity contribution in [2.24, 2.45) is 29.6 Å². The van der Waals surface area contributed by atoms with Gasteiger partial charge in [0.25, 0.3) is 5.91 Å². The Kier molecular flexibility index (Phi) is 24.1. The Morgan fingerprint density at radius 3 is 2.10 bits per heavy atom. The third-order valence-corrected chi connectivity index (χ3v) is 15.2. The number of nitrogens with one attached hydrogen (secondary N) is 3. The molecule has 5 N–H and O–H groups in total. The molecule has 436 valence electrons. The van der Waals surface area contributed by atoms with E-state index in [1.807, 2.05) is 27.7 Å². The average Bonchev–Trinajstić information content (AvgIpc) is 4.10. The minimum atomic E-state index is -1.73. The summed E-state index contributed by atoms with van der Waals surface area (Å²) >= 11 is 0. The Balaban J connectivity index is 1.86. The SMILES string of the molecule is CC[C@H](C)[C@H]1NC(=O)C(NC(=O)[C@@H](CC(C)C)N(C)C(=O)[C@@H]2CCCN2C(=O)[C@H](C)O)COC(=O)[C@H](Cc2ccc(OC)cc2)N(C)C(=O)[C@@H]2CCCN2C(=O)[C@H](CC(C)C)NC(=O)[C@@H](C)C(=O)[C@H](C(C)C)OC(=O)C[C@@H]1O. The second-order valence-electron chi connectivity index (χ2n) is 22.5. The first-order valence-corrected chi connectivity index (χ1v) is 27.6. The summed E-state index contributed by atoms with van der Waals surface area (Å²) in [6.07, 6.45) is -3.40. The molecule has 7 amide bonds. The number of carbonyl (C=O) groups is 10. The van der Waals surface area contributed by atoms with Gasteiger partial charge in [-0.25, -0.2) is 4.79 Å². The number of hydrogen-bond acceptors (Lipinski definition) is 15. The summed E-state index contributed by atoms with van der Waals surface area (Å²) in [6, 6.07) is -2.11. The summed E-state index contributed by atoms with van der Waals surface area (Å²) in [6.45, 7) is 16.2. The number of likely N-dealkylation sites (tertiary alicyclic amines) is 1. The highest BCUT2D eigenvalue weighted by atomic mass is 16.5. The van der Waals surface area contributed by atoms with Gasteiger partial charge >= 0.3 is 11.9 Å². The fraction of sp³-hybridized carbons (Fsp3) is 0.714. The fourth-order valence-electron chi connectivity index (χ4n) is 10.3. The topological polar surface area (TPSA) is 288 Å². The third-order valence-electron chi connectivity index (χ3n) is 15.2. The molecule has 3 heterocycles. The van der Waals surface area contributed by atoms with Gasteiger partial charge in [0.1, 0.15) is 54.7 Å². The first kappa shape index (κ1) is 64.4. The highest BCUT2D eigenvalue weighted by Crippen LogP contribution is 2.27. The number of aliphatic hydroxyl groups excluding tert-OH is 2. The zero-order chi connectivity index (χ0) is 58.5. The lowest BCUT2D eigenvalue weighted by Crippen LogP contribution is -2.60. The summed E-state index contributed by atoms with van der Waals surface area (Å²) in [5.74, 6) is -10.2. The lowest BCUT2D eigenvalue weighted by molar-refractivity contribution is -0.162. The van der Waals surface area contributed by atoms with Gasteiger partial charge in [0, 0.05) is 33.6 Å². The van der Waals surface area contributed by atoms with Crippen LogP contribution in [0.5, 0.6) is 5.75 Å². The molecule has 12 atom stereocenters. The number of Topliss-reactive ketones (excluding diaryl/α,β-unsaturated/α-hetero) is 1. The Morgan fingerprint density at radius 2 is 1.53 bits per heavy atom. The molecule has 0 bridgehead atoms. The summed E-state index contributed by atoms with van der Waals surface area (Å²) in [5, 5.41) is 30.1. The normalized spacial score (nSPS) is 26.9. The van der Waals surface area contributed by atoms with Crippen LogP contribution in [0.2, 0.25) is 0 Å². The molecule has 0 aliphatic carbocycles. The fourth-order valence-corrected chi connectivity index (χ4v) is 10.3. The second-order valence-corrected chi connectivity index (χ2v) is 22.5. The zero-order valence-electron chi connectivity index (χ0n) is 47.9. The van der Waals surface area contributed by atoms with E-state index in [9.17, 15) is 58.2 Å². The molecule has 0 spiro atoms. The molecule has 3 saturated heterocycles. The molecule has 1 unspecified atom stereocenters. The molecule has 3 aliphatic heterocycles. The van der Waals surface area contributed by atoms with Crippen LogP contribution in [0.4, 0.5) is 0 Å². The number of methoxy groups -OCH3 is 1. The smallest absolute Gasteiger partial charge is 0.329 e. The van der Waals surface area contributed by atoms with Gasteiger partial charge in [0.15, 0.2) is 11.9 Å². The minimum Gasteiger partial charge on any atom is -0.497 e. The molecule has 0 aromatic heterocycles. The number of ether oxygens (including phenoxy) is 3. The molecule has 78 heavy (non-hydrogen) atoms. The number of hydrogen-bond donors (Lipinski definition) is 5. The second kappa shape index (κ2) is 29.2. The molecule has 3 aliphatic rings. The lowest BCUT2D eigenvalue weighted by atomic mass is 9.91. The first-order chi connectivity index (χ1) is 36.6. The van der Waals surface area contributed by atoms with Crippen LogP contribution in [-0.4, -0.2) is 190 Å². The van der Waals surface area contributed by atoms with Crippen LogP contribution < -0.4 is 20.7 Å². The predicted molar refractivity (Wildman–Crippen MR) is 286 cm³/mol. The van der Waals surface area contributed by atoms with Gasteiger partial charge in [-0.05, 0) is 93.7 Å². The summed E-state index contributed by atoms with van der Waals surface area (Å²) in [4.78, 5) is 148. The quantitative estimate of drug-likeness (QED) is 0.124.